The molecule has 1 fully saturated rings. The highest BCUT2D eigenvalue weighted by molar-refractivity contribution is 7.89. The fourth-order valence-corrected chi connectivity index (χ4v) is 4.28. The number of halogens is 1. The first-order valence-electron chi connectivity index (χ1n) is 6.93. The Morgan fingerprint density at radius 3 is 2.57 bits per heavy atom. The highest BCUT2D eigenvalue weighted by atomic mass is 35.5. The first kappa shape index (κ1) is 16.5. The average Bonchev–Trinajstić information content (AvgIpc) is 2.41. The Labute approximate surface area is 131 Å². The monoisotopic (exact) mass is 332 g/mol. The van der Waals surface area contributed by atoms with Crippen molar-refractivity contribution in [2.45, 2.75) is 30.7 Å². The first-order valence-corrected chi connectivity index (χ1v) is 8.74. The number of rotatable bonds is 6. The van der Waals surface area contributed by atoms with Crippen molar-refractivity contribution in [1.82, 2.24) is 4.31 Å². The molecule has 1 aromatic carbocycles. The summed E-state index contributed by atoms with van der Waals surface area (Å²) >= 11 is 6.02. The predicted molar refractivity (Wildman–Crippen MR) is 83.1 cm³/mol. The standard InChI is InChI=1S/C14H21ClN2O3S/c1-17(9-10-4-3-5-10)21(18,19)13-7-12(15)6-11(8-16)14(13)20-2/h6-7,10H,3-5,8-9,16H2,1-2H3. The normalized spacial score (nSPS) is 16.0. The van der Waals surface area contributed by atoms with Gasteiger partial charge in [-0.05, 0) is 30.9 Å². The van der Waals surface area contributed by atoms with Crippen molar-refractivity contribution in [3.63, 3.8) is 0 Å². The summed E-state index contributed by atoms with van der Waals surface area (Å²) in [5.41, 5.74) is 6.23. The van der Waals surface area contributed by atoms with E-state index in [2.05, 4.69) is 0 Å². The second kappa shape index (κ2) is 6.52. The van der Waals surface area contributed by atoms with Crippen LogP contribution in [0.4, 0.5) is 0 Å². The highest BCUT2D eigenvalue weighted by Crippen LogP contribution is 2.34. The minimum Gasteiger partial charge on any atom is -0.495 e. The first-order chi connectivity index (χ1) is 9.90. The van der Waals surface area contributed by atoms with E-state index in [0.717, 1.165) is 12.8 Å². The Bertz CT molecular complexity index is 615. The number of benzene rings is 1. The number of hydrogen-bond donors (Lipinski definition) is 1. The largest absolute Gasteiger partial charge is 0.495 e. The molecule has 0 atom stereocenters. The zero-order chi connectivity index (χ0) is 15.6. The van der Waals surface area contributed by atoms with Crippen molar-refractivity contribution in [2.75, 3.05) is 20.7 Å². The molecule has 21 heavy (non-hydrogen) atoms. The third-order valence-corrected chi connectivity index (χ3v) is 6.00. The second-order valence-corrected chi connectivity index (χ2v) is 7.83. The number of ether oxygens (including phenoxy) is 1. The second-order valence-electron chi connectivity index (χ2n) is 5.38. The molecule has 118 valence electrons. The van der Waals surface area contributed by atoms with Crippen LogP contribution >= 0.6 is 11.6 Å². The van der Waals surface area contributed by atoms with Crippen LogP contribution in [-0.2, 0) is 16.6 Å². The lowest BCUT2D eigenvalue weighted by atomic mass is 9.86. The van der Waals surface area contributed by atoms with E-state index in [1.807, 2.05) is 0 Å². The van der Waals surface area contributed by atoms with Crippen LogP contribution in [0.15, 0.2) is 17.0 Å². The van der Waals surface area contributed by atoms with Crippen LogP contribution in [-0.4, -0.2) is 33.4 Å². The molecule has 1 saturated carbocycles. The Kier molecular flexibility index (Phi) is 5.14. The summed E-state index contributed by atoms with van der Waals surface area (Å²) in [6.45, 7) is 0.689. The lowest BCUT2D eigenvalue weighted by molar-refractivity contribution is 0.262. The smallest absolute Gasteiger partial charge is 0.246 e. The summed E-state index contributed by atoms with van der Waals surface area (Å²) < 4.78 is 32.1. The van der Waals surface area contributed by atoms with Crippen molar-refractivity contribution in [3.05, 3.63) is 22.7 Å². The molecule has 0 unspecified atom stereocenters. The summed E-state index contributed by atoms with van der Waals surface area (Å²) in [7, 11) is -0.609. The third kappa shape index (κ3) is 3.34. The zero-order valence-corrected chi connectivity index (χ0v) is 13.9. The fourth-order valence-electron chi connectivity index (χ4n) is 2.50. The molecule has 0 saturated heterocycles. The molecule has 0 radical (unpaired) electrons. The van der Waals surface area contributed by atoms with E-state index in [1.54, 1.807) is 13.1 Å². The lowest BCUT2D eigenvalue weighted by Gasteiger charge is -2.30. The van der Waals surface area contributed by atoms with Crippen LogP contribution in [0.5, 0.6) is 5.75 Å². The number of hydrogen-bond acceptors (Lipinski definition) is 4. The molecule has 0 spiro atoms. The molecule has 0 amide bonds. The summed E-state index contributed by atoms with van der Waals surface area (Å²) in [4.78, 5) is 0.0831. The van der Waals surface area contributed by atoms with Gasteiger partial charge in [-0.15, -0.1) is 0 Å². The number of nitrogens with zero attached hydrogens (tertiary/aromatic N) is 1. The lowest BCUT2D eigenvalue weighted by Crippen LogP contribution is -2.34. The van der Waals surface area contributed by atoms with Crippen LogP contribution in [0, 0.1) is 5.92 Å². The predicted octanol–water partition coefficient (Wildman–Crippen LogP) is 2.23. The van der Waals surface area contributed by atoms with Gasteiger partial charge in [0.05, 0.1) is 7.11 Å². The number of sulfonamides is 1. The Morgan fingerprint density at radius 1 is 1.43 bits per heavy atom. The summed E-state index contributed by atoms with van der Waals surface area (Å²) in [5, 5.41) is 0.340. The van der Waals surface area contributed by atoms with Crippen LogP contribution in [0.3, 0.4) is 0 Å². The van der Waals surface area contributed by atoms with Crippen molar-refractivity contribution in [3.8, 4) is 5.75 Å². The van der Waals surface area contributed by atoms with Gasteiger partial charge in [0.2, 0.25) is 10.0 Å². The molecule has 2 N–H and O–H groups in total. The van der Waals surface area contributed by atoms with E-state index in [-0.39, 0.29) is 17.2 Å². The maximum Gasteiger partial charge on any atom is 0.246 e. The van der Waals surface area contributed by atoms with E-state index < -0.39 is 10.0 Å². The maximum absolute atomic E-state index is 12.8. The van der Waals surface area contributed by atoms with E-state index in [4.69, 9.17) is 22.1 Å². The average molecular weight is 333 g/mol. The van der Waals surface area contributed by atoms with Gasteiger partial charge in [-0.25, -0.2) is 12.7 Å². The van der Waals surface area contributed by atoms with Gasteiger partial charge in [-0.2, -0.15) is 0 Å². The number of methoxy groups -OCH3 is 1. The molecular weight excluding hydrogens is 312 g/mol. The molecule has 0 bridgehead atoms. The Balaban J connectivity index is 2.40. The van der Waals surface area contributed by atoms with Crippen molar-refractivity contribution < 1.29 is 13.2 Å². The van der Waals surface area contributed by atoms with Gasteiger partial charge in [0, 0.05) is 30.7 Å². The third-order valence-electron chi connectivity index (χ3n) is 3.95. The molecule has 7 heteroatoms. The Hall–Kier alpha value is -0.820. The van der Waals surface area contributed by atoms with Crippen LogP contribution in [0.1, 0.15) is 24.8 Å². The molecule has 0 aromatic heterocycles. The van der Waals surface area contributed by atoms with Gasteiger partial charge in [-0.1, -0.05) is 18.0 Å². The van der Waals surface area contributed by atoms with Gasteiger partial charge < -0.3 is 10.5 Å². The van der Waals surface area contributed by atoms with E-state index in [1.165, 1.54) is 23.9 Å². The maximum atomic E-state index is 12.8. The summed E-state index contributed by atoms with van der Waals surface area (Å²) in [6, 6.07) is 3.05. The number of nitrogens with two attached hydrogens (primary N) is 1. The summed E-state index contributed by atoms with van der Waals surface area (Å²) in [6.07, 6.45) is 3.34. The van der Waals surface area contributed by atoms with Gasteiger partial charge >= 0.3 is 0 Å². The molecular formula is C14H21ClN2O3S. The minimum absolute atomic E-state index is 0.0831. The van der Waals surface area contributed by atoms with Crippen molar-refractivity contribution in [1.29, 1.82) is 0 Å². The summed E-state index contributed by atoms with van der Waals surface area (Å²) in [5.74, 6) is 0.728. The van der Waals surface area contributed by atoms with Gasteiger partial charge in [-0.3, -0.25) is 0 Å². The highest BCUT2D eigenvalue weighted by Gasteiger charge is 2.30. The quantitative estimate of drug-likeness (QED) is 0.867. The van der Waals surface area contributed by atoms with Crippen LogP contribution in [0.25, 0.3) is 0 Å². The molecule has 0 aliphatic heterocycles. The molecule has 1 aromatic rings. The molecule has 0 heterocycles. The fraction of sp³-hybridized carbons (Fsp3) is 0.571. The van der Waals surface area contributed by atoms with Crippen molar-refractivity contribution >= 4 is 21.6 Å². The van der Waals surface area contributed by atoms with Crippen molar-refractivity contribution in [2.24, 2.45) is 11.7 Å². The Morgan fingerprint density at radius 2 is 2.10 bits per heavy atom. The minimum atomic E-state index is -3.64. The molecule has 2 rings (SSSR count). The molecule has 1 aliphatic rings. The van der Waals surface area contributed by atoms with E-state index in [9.17, 15) is 8.42 Å². The SMILES string of the molecule is COc1c(CN)cc(Cl)cc1S(=O)(=O)N(C)CC1CCC1. The van der Waals surface area contributed by atoms with E-state index in [0.29, 0.717) is 23.0 Å². The van der Waals surface area contributed by atoms with Gasteiger partial charge in [0.15, 0.2) is 0 Å². The topological polar surface area (TPSA) is 72.6 Å². The van der Waals surface area contributed by atoms with Crippen LogP contribution < -0.4 is 10.5 Å². The zero-order valence-electron chi connectivity index (χ0n) is 12.3. The van der Waals surface area contributed by atoms with Gasteiger partial charge in [0.25, 0.3) is 0 Å². The molecule has 1 aliphatic carbocycles. The van der Waals surface area contributed by atoms with Gasteiger partial charge in [0.1, 0.15) is 10.6 Å². The molecule has 5 nitrogen and oxygen atoms in total. The van der Waals surface area contributed by atoms with E-state index >= 15 is 0 Å². The van der Waals surface area contributed by atoms with Crippen LogP contribution in [0.2, 0.25) is 5.02 Å².